The van der Waals surface area contributed by atoms with Crippen LogP contribution in [0.25, 0.3) is 0 Å². The molecule has 0 spiro atoms. The summed E-state index contributed by atoms with van der Waals surface area (Å²) in [4.78, 5) is 3.74. The molecule has 5 heteroatoms. The van der Waals surface area contributed by atoms with Gasteiger partial charge in [-0.15, -0.1) is 0 Å². The lowest BCUT2D eigenvalue weighted by atomic mass is 10.0. The fourth-order valence-electron chi connectivity index (χ4n) is 1.32. The highest BCUT2D eigenvalue weighted by Crippen LogP contribution is 2.32. The zero-order valence-corrected chi connectivity index (χ0v) is 8.60. The highest BCUT2D eigenvalue weighted by molar-refractivity contribution is 5.35. The molecule has 0 aromatic carbocycles. The van der Waals surface area contributed by atoms with E-state index in [-0.39, 0.29) is 23.9 Å². The van der Waals surface area contributed by atoms with Crippen molar-refractivity contribution in [1.29, 1.82) is 0 Å². The molecule has 0 saturated carbocycles. The van der Waals surface area contributed by atoms with Crippen LogP contribution in [-0.2, 0) is 12.6 Å². The van der Waals surface area contributed by atoms with Gasteiger partial charge in [-0.1, -0.05) is 13.8 Å². The van der Waals surface area contributed by atoms with Crippen LogP contribution in [0.2, 0.25) is 0 Å². The van der Waals surface area contributed by atoms with E-state index in [9.17, 15) is 13.2 Å². The zero-order valence-electron chi connectivity index (χ0n) is 8.60. The van der Waals surface area contributed by atoms with Crippen LogP contribution in [-0.4, -0.2) is 4.98 Å². The molecule has 0 aliphatic carbocycles. The van der Waals surface area contributed by atoms with E-state index >= 15 is 0 Å². The van der Waals surface area contributed by atoms with Crippen molar-refractivity contribution < 1.29 is 13.2 Å². The summed E-state index contributed by atoms with van der Waals surface area (Å²) in [6.07, 6.45) is -4.08. The summed E-state index contributed by atoms with van der Waals surface area (Å²) >= 11 is 0. The third kappa shape index (κ3) is 3.11. The molecule has 1 heterocycles. The topological polar surface area (TPSA) is 38.9 Å². The number of pyridine rings is 1. The van der Waals surface area contributed by atoms with Gasteiger partial charge >= 0.3 is 6.18 Å². The average Bonchev–Trinajstić information content (AvgIpc) is 1.99. The van der Waals surface area contributed by atoms with Gasteiger partial charge in [-0.2, -0.15) is 13.2 Å². The molecule has 2 nitrogen and oxygen atoms in total. The number of nitrogens with zero attached hydrogens (tertiary/aromatic N) is 1. The number of aromatic nitrogens is 1. The van der Waals surface area contributed by atoms with E-state index in [1.807, 2.05) is 13.8 Å². The Morgan fingerprint density at radius 1 is 1.33 bits per heavy atom. The van der Waals surface area contributed by atoms with E-state index in [0.717, 1.165) is 6.07 Å². The van der Waals surface area contributed by atoms with E-state index in [0.29, 0.717) is 0 Å². The highest BCUT2D eigenvalue weighted by Gasteiger charge is 2.34. The van der Waals surface area contributed by atoms with E-state index in [2.05, 4.69) is 4.98 Å². The van der Waals surface area contributed by atoms with Gasteiger partial charge < -0.3 is 5.73 Å². The van der Waals surface area contributed by atoms with Crippen LogP contribution in [0.15, 0.2) is 12.1 Å². The van der Waals surface area contributed by atoms with Crippen LogP contribution in [0.5, 0.6) is 0 Å². The number of hydrogen-bond acceptors (Lipinski definition) is 2. The minimum atomic E-state index is -4.36. The molecule has 2 N–H and O–H groups in total. The van der Waals surface area contributed by atoms with Crippen LogP contribution in [0.4, 0.5) is 19.0 Å². The molecule has 0 bridgehead atoms. The Labute approximate surface area is 86.3 Å². The molecular formula is C10H13F3N2. The Bertz CT molecular complexity index is 345. The van der Waals surface area contributed by atoms with Gasteiger partial charge in [0.25, 0.3) is 0 Å². The largest absolute Gasteiger partial charge is 0.418 e. The number of nitrogens with two attached hydrogens (primary N) is 1. The molecule has 1 aromatic rings. The molecule has 1 aromatic heterocycles. The Kier molecular flexibility index (Phi) is 3.21. The molecule has 0 aliphatic heterocycles. The molecule has 0 saturated heterocycles. The maximum absolute atomic E-state index is 12.5. The number of anilines is 1. The summed E-state index contributed by atoms with van der Waals surface area (Å²) < 4.78 is 37.6. The first-order valence-electron chi connectivity index (χ1n) is 4.63. The molecule has 0 amide bonds. The SMILES string of the molecule is CC(C)Cc1nc(N)ccc1C(F)(F)F. The molecule has 0 fully saturated rings. The van der Waals surface area contributed by atoms with Crippen molar-refractivity contribution in [2.24, 2.45) is 5.92 Å². The highest BCUT2D eigenvalue weighted by atomic mass is 19.4. The standard InChI is InChI=1S/C10H13F3N2/c1-6(2)5-8-7(10(11,12)13)3-4-9(14)15-8/h3-4,6H,5H2,1-2H3,(H2,14,15). The monoisotopic (exact) mass is 218 g/mol. The number of rotatable bonds is 2. The zero-order chi connectivity index (χ0) is 11.6. The van der Waals surface area contributed by atoms with Gasteiger partial charge in [0.05, 0.1) is 11.3 Å². The molecule has 0 unspecified atom stereocenters. The van der Waals surface area contributed by atoms with Crippen LogP contribution in [0, 0.1) is 5.92 Å². The molecule has 84 valence electrons. The minimum Gasteiger partial charge on any atom is -0.384 e. The van der Waals surface area contributed by atoms with Gasteiger partial charge in [0.15, 0.2) is 0 Å². The predicted octanol–water partition coefficient (Wildman–Crippen LogP) is 2.88. The van der Waals surface area contributed by atoms with Gasteiger partial charge in [0.2, 0.25) is 0 Å². The number of hydrogen-bond donors (Lipinski definition) is 1. The van der Waals surface area contributed by atoms with Crippen molar-refractivity contribution in [3.63, 3.8) is 0 Å². The maximum Gasteiger partial charge on any atom is 0.418 e. The molecule has 0 atom stereocenters. The molecule has 15 heavy (non-hydrogen) atoms. The molecule has 0 radical (unpaired) electrons. The van der Waals surface area contributed by atoms with E-state index in [1.54, 1.807) is 0 Å². The third-order valence-corrected chi connectivity index (χ3v) is 1.90. The average molecular weight is 218 g/mol. The van der Waals surface area contributed by atoms with Crippen LogP contribution < -0.4 is 5.73 Å². The Hall–Kier alpha value is -1.26. The van der Waals surface area contributed by atoms with E-state index in [4.69, 9.17) is 5.73 Å². The molecule has 1 rings (SSSR count). The molecular weight excluding hydrogens is 205 g/mol. The van der Waals surface area contributed by atoms with Crippen molar-refractivity contribution in [2.45, 2.75) is 26.4 Å². The number of nitrogen functional groups attached to an aromatic ring is 1. The van der Waals surface area contributed by atoms with Crippen LogP contribution >= 0.6 is 0 Å². The van der Waals surface area contributed by atoms with E-state index in [1.165, 1.54) is 6.07 Å². The number of alkyl halides is 3. The van der Waals surface area contributed by atoms with E-state index < -0.39 is 11.7 Å². The lowest BCUT2D eigenvalue weighted by Crippen LogP contribution is -2.13. The first-order chi connectivity index (χ1) is 6.80. The second-order valence-corrected chi connectivity index (χ2v) is 3.83. The summed E-state index contributed by atoms with van der Waals surface area (Å²) in [7, 11) is 0. The summed E-state index contributed by atoms with van der Waals surface area (Å²) in [6.45, 7) is 3.68. The van der Waals surface area contributed by atoms with Gasteiger partial charge in [0, 0.05) is 0 Å². The fourth-order valence-corrected chi connectivity index (χ4v) is 1.32. The van der Waals surface area contributed by atoms with Crippen molar-refractivity contribution in [3.05, 3.63) is 23.4 Å². The third-order valence-electron chi connectivity index (χ3n) is 1.90. The normalized spacial score (nSPS) is 12.1. The first-order valence-corrected chi connectivity index (χ1v) is 4.63. The lowest BCUT2D eigenvalue weighted by Gasteiger charge is -2.13. The van der Waals surface area contributed by atoms with Gasteiger partial charge in [-0.05, 0) is 24.5 Å². The second-order valence-electron chi connectivity index (χ2n) is 3.83. The quantitative estimate of drug-likeness (QED) is 0.828. The smallest absolute Gasteiger partial charge is 0.384 e. The van der Waals surface area contributed by atoms with Crippen LogP contribution in [0.1, 0.15) is 25.1 Å². The Morgan fingerprint density at radius 3 is 2.40 bits per heavy atom. The van der Waals surface area contributed by atoms with Gasteiger partial charge in [-0.3, -0.25) is 0 Å². The van der Waals surface area contributed by atoms with Crippen molar-refractivity contribution in [2.75, 3.05) is 5.73 Å². The van der Waals surface area contributed by atoms with Crippen molar-refractivity contribution in [3.8, 4) is 0 Å². The molecule has 0 aliphatic rings. The lowest BCUT2D eigenvalue weighted by molar-refractivity contribution is -0.138. The minimum absolute atomic E-state index is 0.0255. The Balaban J connectivity index is 3.15. The summed E-state index contributed by atoms with van der Waals surface area (Å²) in [5, 5.41) is 0. The van der Waals surface area contributed by atoms with Gasteiger partial charge in [-0.25, -0.2) is 4.98 Å². The van der Waals surface area contributed by atoms with Crippen LogP contribution in [0.3, 0.4) is 0 Å². The summed E-state index contributed by atoms with van der Waals surface area (Å²) in [6, 6.07) is 2.16. The summed E-state index contributed by atoms with van der Waals surface area (Å²) in [5.74, 6) is 0.235. The van der Waals surface area contributed by atoms with Gasteiger partial charge in [0.1, 0.15) is 5.82 Å². The fraction of sp³-hybridized carbons (Fsp3) is 0.500. The van der Waals surface area contributed by atoms with Crippen molar-refractivity contribution in [1.82, 2.24) is 4.98 Å². The predicted molar refractivity (Wildman–Crippen MR) is 52.2 cm³/mol. The number of halogens is 3. The van der Waals surface area contributed by atoms with Crippen molar-refractivity contribution >= 4 is 5.82 Å². The maximum atomic E-state index is 12.5. The summed E-state index contributed by atoms with van der Waals surface area (Å²) in [5.41, 5.74) is 4.70. The second kappa shape index (κ2) is 4.08. The Morgan fingerprint density at radius 2 is 1.93 bits per heavy atom. The first kappa shape index (κ1) is 11.8.